The first-order chi connectivity index (χ1) is 14.4. The Balaban J connectivity index is 1.64. The van der Waals surface area contributed by atoms with Gasteiger partial charge in [0.1, 0.15) is 0 Å². The predicted octanol–water partition coefficient (Wildman–Crippen LogP) is 1.27. The molecule has 8 nitrogen and oxygen atoms in total. The van der Waals surface area contributed by atoms with Crippen LogP contribution in [0, 0.1) is 6.92 Å². The van der Waals surface area contributed by atoms with Crippen molar-refractivity contribution in [2.45, 2.75) is 25.8 Å². The fraction of sp³-hybridized carbons (Fsp3) is 0.500. The predicted molar refractivity (Wildman–Crippen MR) is 117 cm³/mol. The van der Waals surface area contributed by atoms with E-state index in [1.54, 1.807) is 0 Å². The summed E-state index contributed by atoms with van der Waals surface area (Å²) in [5.74, 6) is 0.492. The van der Waals surface area contributed by atoms with Crippen molar-refractivity contribution in [1.29, 1.82) is 0 Å². The number of H-pyrrole nitrogens is 1. The van der Waals surface area contributed by atoms with Crippen molar-refractivity contribution >= 4 is 11.9 Å². The molecular formula is C22H31N5O3. The van der Waals surface area contributed by atoms with Crippen LogP contribution < -0.4 is 15.8 Å². The van der Waals surface area contributed by atoms with E-state index in [1.165, 1.54) is 0 Å². The van der Waals surface area contributed by atoms with E-state index in [2.05, 4.69) is 15.3 Å². The molecule has 1 atom stereocenters. The number of likely N-dealkylation sites (N-methyl/N-ethyl adjacent to an activating group) is 1. The number of benzene rings is 1. The van der Waals surface area contributed by atoms with Gasteiger partial charge in [0.15, 0.2) is 0 Å². The molecule has 1 amide bonds. The number of amides is 1. The number of hydrogen-bond acceptors (Lipinski definition) is 6. The van der Waals surface area contributed by atoms with Crippen LogP contribution >= 0.6 is 0 Å². The number of carbonyl (C=O) groups excluding carboxylic acids is 1. The highest BCUT2D eigenvalue weighted by atomic mass is 16.5. The lowest BCUT2D eigenvalue weighted by molar-refractivity contribution is -0.121. The zero-order valence-corrected chi connectivity index (χ0v) is 18.0. The Kier molecular flexibility index (Phi) is 7.59. The summed E-state index contributed by atoms with van der Waals surface area (Å²) in [6, 6.07) is 9.81. The highest BCUT2D eigenvalue weighted by molar-refractivity contribution is 5.76. The normalized spacial score (nSPS) is 15.3. The molecule has 0 bridgehead atoms. The fourth-order valence-corrected chi connectivity index (χ4v) is 3.60. The summed E-state index contributed by atoms with van der Waals surface area (Å²) in [6.07, 6.45) is 0.589. The van der Waals surface area contributed by atoms with Crippen molar-refractivity contribution < 1.29 is 9.53 Å². The van der Waals surface area contributed by atoms with E-state index in [-0.39, 0.29) is 23.9 Å². The third kappa shape index (κ3) is 5.90. The quantitative estimate of drug-likeness (QED) is 0.677. The van der Waals surface area contributed by atoms with E-state index in [9.17, 15) is 9.59 Å². The first-order valence-electron chi connectivity index (χ1n) is 10.4. The Morgan fingerprint density at radius 1 is 1.27 bits per heavy atom. The molecule has 1 aliphatic rings. The van der Waals surface area contributed by atoms with Gasteiger partial charge < -0.3 is 19.9 Å². The molecule has 2 aromatic rings. The smallest absolute Gasteiger partial charge is 0.255 e. The molecule has 3 rings (SSSR count). The maximum atomic E-state index is 12.6. The van der Waals surface area contributed by atoms with Crippen LogP contribution in [0.15, 0.2) is 35.1 Å². The Morgan fingerprint density at radius 2 is 1.97 bits per heavy atom. The minimum atomic E-state index is -0.176. The van der Waals surface area contributed by atoms with Gasteiger partial charge in [-0.25, -0.2) is 4.98 Å². The van der Waals surface area contributed by atoms with E-state index in [0.29, 0.717) is 56.5 Å². The van der Waals surface area contributed by atoms with Gasteiger partial charge >= 0.3 is 0 Å². The Labute approximate surface area is 177 Å². The van der Waals surface area contributed by atoms with Crippen molar-refractivity contribution in [3.8, 4) is 0 Å². The average Bonchev–Trinajstić information content (AvgIpc) is 2.73. The number of aromatic nitrogens is 2. The van der Waals surface area contributed by atoms with Crippen LogP contribution in [0.2, 0.25) is 0 Å². The zero-order chi connectivity index (χ0) is 21.5. The van der Waals surface area contributed by atoms with Crippen molar-refractivity contribution in [3.63, 3.8) is 0 Å². The summed E-state index contributed by atoms with van der Waals surface area (Å²) in [4.78, 5) is 36.7. The molecule has 1 aliphatic heterocycles. The average molecular weight is 414 g/mol. The van der Waals surface area contributed by atoms with Crippen LogP contribution in [0.25, 0.3) is 0 Å². The van der Waals surface area contributed by atoms with Crippen LogP contribution in [0.1, 0.15) is 29.3 Å². The first kappa shape index (κ1) is 22.0. The van der Waals surface area contributed by atoms with Crippen LogP contribution in [0.3, 0.4) is 0 Å². The second-order valence-corrected chi connectivity index (χ2v) is 7.85. The SMILES string of the molecule is Cc1nc(N2CCOCC2)[nH]c(=O)c1CCC(=O)NC(CN(C)C)c1ccccc1. The number of hydrogen-bond donors (Lipinski definition) is 2. The van der Waals surface area contributed by atoms with Crippen molar-refractivity contribution in [1.82, 2.24) is 20.2 Å². The van der Waals surface area contributed by atoms with Crippen LogP contribution in [0.4, 0.5) is 5.95 Å². The van der Waals surface area contributed by atoms with Crippen molar-refractivity contribution in [3.05, 3.63) is 57.5 Å². The second kappa shape index (κ2) is 10.4. The molecule has 162 valence electrons. The minimum Gasteiger partial charge on any atom is -0.378 e. The van der Waals surface area contributed by atoms with Gasteiger partial charge in [0, 0.05) is 37.3 Å². The van der Waals surface area contributed by atoms with Gasteiger partial charge in [-0.3, -0.25) is 14.6 Å². The van der Waals surface area contributed by atoms with Crippen molar-refractivity contribution in [2.24, 2.45) is 0 Å². The number of nitrogens with zero attached hydrogens (tertiary/aromatic N) is 3. The zero-order valence-electron chi connectivity index (χ0n) is 18.0. The fourth-order valence-electron chi connectivity index (χ4n) is 3.60. The molecular weight excluding hydrogens is 382 g/mol. The lowest BCUT2D eigenvalue weighted by Crippen LogP contribution is -2.39. The molecule has 0 aliphatic carbocycles. The molecule has 8 heteroatoms. The summed E-state index contributed by atoms with van der Waals surface area (Å²) < 4.78 is 5.35. The maximum Gasteiger partial charge on any atom is 0.255 e. The largest absolute Gasteiger partial charge is 0.378 e. The molecule has 2 heterocycles. The van der Waals surface area contributed by atoms with Gasteiger partial charge in [-0.2, -0.15) is 0 Å². The van der Waals surface area contributed by atoms with E-state index >= 15 is 0 Å². The van der Waals surface area contributed by atoms with E-state index in [0.717, 1.165) is 5.56 Å². The molecule has 0 spiro atoms. The molecule has 1 fully saturated rings. The molecule has 1 unspecified atom stereocenters. The lowest BCUT2D eigenvalue weighted by Gasteiger charge is -2.27. The highest BCUT2D eigenvalue weighted by Gasteiger charge is 2.18. The molecule has 1 aromatic carbocycles. The number of anilines is 1. The van der Waals surface area contributed by atoms with Gasteiger partial charge in [-0.15, -0.1) is 0 Å². The summed E-state index contributed by atoms with van der Waals surface area (Å²) in [6.45, 7) is 5.19. The second-order valence-electron chi connectivity index (χ2n) is 7.85. The number of carbonyl (C=O) groups is 1. The van der Waals surface area contributed by atoms with Gasteiger partial charge in [-0.05, 0) is 33.0 Å². The lowest BCUT2D eigenvalue weighted by atomic mass is 10.1. The summed E-state index contributed by atoms with van der Waals surface area (Å²) in [5.41, 5.74) is 2.11. The number of ether oxygens (including phenoxy) is 1. The van der Waals surface area contributed by atoms with Gasteiger partial charge in [0.25, 0.3) is 5.56 Å². The standard InChI is InChI=1S/C22H31N5O3/c1-16-18(21(29)25-22(23-16)27-11-13-30-14-12-27)9-10-20(28)24-19(15-26(2)3)17-7-5-4-6-8-17/h4-8,19H,9-15H2,1-3H3,(H,24,28)(H,23,25,29). The van der Waals surface area contributed by atoms with Crippen molar-refractivity contribution in [2.75, 3.05) is 51.8 Å². The number of aromatic amines is 1. The van der Waals surface area contributed by atoms with E-state index < -0.39 is 0 Å². The van der Waals surface area contributed by atoms with Crippen LogP contribution in [-0.2, 0) is 16.0 Å². The third-order valence-corrected chi connectivity index (χ3v) is 5.21. The molecule has 30 heavy (non-hydrogen) atoms. The minimum absolute atomic E-state index is 0.0817. The molecule has 0 radical (unpaired) electrons. The number of nitrogens with one attached hydrogen (secondary N) is 2. The molecule has 1 saturated heterocycles. The van der Waals surface area contributed by atoms with E-state index in [4.69, 9.17) is 4.74 Å². The number of aryl methyl sites for hydroxylation is 1. The number of morpholine rings is 1. The summed E-state index contributed by atoms with van der Waals surface area (Å²) in [7, 11) is 3.96. The van der Waals surface area contributed by atoms with Gasteiger partial charge in [0.05, 0.1) is 19.3 Å². The van der Waals surface area contributed by atoms with Gasteiger partial charge in [-0.1, -0.05) is 30.3 Å². The summed E-state index contributed by atoms with van der Waals surface area (Å²) >= 11 is 0. The molecule has 0 saturated carbocycles. The van der Waals surface area contributed by atoms with Crippen LogP contribution in [-0.4, -0.2) is 67.7 Å². The Hall–Kier alpha value is -2.71. The first-order valence-corrected chi connectivity index (χ1v) is 10.4. The Morgan fingerprint density at radius 3 is 2.60 bits per heavy atom. The Bertz CT molecular complexity index is 891. The summed E-state index contributed by atoms with van der Waals surface area (Å²) in [5, 5.41) is 3.10. The van der Waals surface area contributed by atoms with Gasteiger partial charge in [0.2, 0.25) is 11.9 Å². The highest BCUT2D eigenvalue weighted by Crippen LogP contribution is 2.15. The third-order valence-electron chi connectivity index (χ3n) is 5.21. The molecule has 2 N–H and O–H groups in total. The monoisotopic (exact) mass is 413 g/mol. The van der Waals surface area contributed by atoms with Crippen LogP contribution in [0.5, 0.6) is 0 Å². The maximum absolute atomic E-state index is 12.6. The van der Waals surface area contributed by atoms with E-state index in [1.807, 2.05) is 61.2 Å². The molecule has 1 aromatic heterocycles. The topological polar surface area (TPSA) is 90.6 Å². The number of rotatable bonds is 8.